The first-order valence-corrected chi connectivity index (χ1v) is 6.96. The highest BCUT2D eigenvalue weighted by Gasteiger charge is 2.20. The first-order valence-electron chi connectivity index (χ1n) is 5.76. The van der Waals surface area contributed by atoms with E-state index in [2.05, 4.69) is 25.5 Å². The number of fused-ring (bicyclic) bond motifs is 1. The Morgan fingerprint density at radius 1 is 1.35 bits per heavy atom. The van der Waals surface area contributed by atoms with Crippen LogP contribution in [0.5, 0.6) is 0 Å². The molecule has 90 valence electrons. The number of benzene rings is 1. The number of H-pyrrole nitrogens is 1. The Bertz CT molecular complexity index is 625. The molecule has 0 aliphatic heterocycles. The highest BCUT2D eigenvalue weighted by atomic mass is 79.9. The number of halogens is 2. The second kappa shape index (κ2) is 4.21. The molecule has 0 bridgehead atoms. The van der Waals surface area contributed by atoms with E-state index in [1.807, 2.05) is 6.07 Å². The Labute approximate surface area is 112 Å². The molecule has 0 atom stereocenters. The summed E-state index contributed by atoms with van der Waals surface area (Å²) in [6, 6.07) is 3.78. The summed E-state index contributed by atoms with van der Waals surface area (Å²) in [5, 5.41) is 0. The van der Waals surface area contributed by atoms with E-state index in [1.165, 1.54) is 18.9 Å². The van der Waals surface area contributed by atoms with Gasteiger partial charge in [-0.25, -0.2) is 4.39 Å². The monoisotopic (exact) mass is 314 g/mol. The minimum Gasteiger partial charge on any atom is -0.330 e. The summed E-state index contributed by atoms with van der Waals surface area (Å²) in [5.41, 5.74) is 1.78. The van der Waals surface area contributed by atoms with E-state index in [9.17, 15) is 4.39 Å². The zero-order chi connectivity index (χ0) is 12.0. The van der Waals surface area contributed by atoms with Gasteiger partial charge in [0, 0.05) is 12.1 Å². The average molecular weight is 315 g/mol. The fourth-order valence-corrected chi connectivity index (χ4v) is 3.33. The van der Waals surface area contributed by atoms with E-state index in [4.69, 9.17) is 12.2 Å². The number of imidazole rings is 1. The molecule has 1 N–H and O–H groups in total. The van der Waals surface area contributed by atoms with Gasteiger partial charge in [-0.2, -0.15) is 0 Å². The molecule has 1 saturated carbocycles. The molecule has 0 amide bonds. The van der Waals surface area contributed by atoms with Crippen LogP contribution in [0.25, 0.3) is 11.0 Å². The number of nitrogens with one attached hydrogen (secondary N) is 1. The molecular weight excluding hydrogens is 303 g/mol. The van der Waals surface area contributed by atoms with Crippen molar-refractivity contribution in [2.24, 2.45) is 0 Å². The van der Waals surface area contributed by atoms with E-state index in [1.54, 1.807) is 0 Å². The molecule has 17 heavy (non-hydrogen) atoms. The molecule has 1 aliphatic rings. The molecule has 1 fully saturated rings. The highest BCUT2D eigenvalue weighted by Crippen LogP contribution is 2.33. The quantitative estimate of drug-likeness (QED) is 0.756. The van der Waals surface area contributed by atoms with E-state index < -0.39 is 0 Å². The number of hydrogen-bond acceptors (Lipinski definition) is 1. The lowest BCUT2D eigenvalue weighted by Crippen LogP contribution is -2.04. The fourth-order valence-electron chi connectivity index (χ4n) is 2.65. The summed E-state index contributed by atoms with van der Waals surface area (Å²) in [6.07, 6.45) is 4.83. The molecule has 0 spiro atoms. The summed E-state index contributed by atoms with van der Waals surface area (Å²) >= 11 is 8.58. The lowest BCUT2D eigenvalue weighted by Gasteiger charge is -2.12. The van der Waals surface area contributed by atoms with Gasteiger partial charge >= 0.3 is 0 Å². The van der Waals surface area contributed by atoms with Gasteiger partial charge in [0.25, 0.3) is 0 Å². The van der Waals surface area contributed by atoms with Crippen molar-refractivity contribution in [1.82, 2.24) is 9.55 Å². The van der Waals surface area contributed by atoms with E-state index in [0.717, 1.165) is 23.9 Å². The molecule has 1 heterocycles. The van der Waals surface area contributed by atoms with Gasteiger partial charge in [-0.1, -0.05) is 12.8 Å². The van der Waals surface area contributed by atoms with Crippen molar-refractivity contribution in [3.05, 3.63) is 27.2 Å². The summed E-state index contributed by atoms with van der Waals surface area (Å²) < 4.78 is 16.8. The van der Waals surface area contributed by atoms with Crippen LogP contribution in [0.4, 0.5) is 4.39 Å². The number of aromatic amines is 1. The van der Waals surface area contributed by atoms with E-state index in [0.29, 0.717) is 15.3 Å². The minimum atomic E-state index is -0.257. The number of hydrogen-bond donors (Lipinski definition) is 1. The predicted octanol–water partition coefficient (Wildman–Crippen LogP) is 4.72. The Kier molecular flexibility index (Phi) is 2.83. The molecule has 5 heteroatoms. The van der Waals surface area contributed by atoms with Gasteiger partial charge in [0.15, 0.2) is 4.77 Å². The van der Waals surface area contributed by atoms with Crippen molar-refractivity contribution in [3.63, 3.8) is 0 Å². The first kappa shape index (κ1) is 11.4. The van der Waals surface area contributed by atoms with Crippen molar-refractivity contribution in [3.8, 4) is 0 Å². The Balaban J connectivity index is 2.26. The zero-order valence-electron chi connectivity index (χ0n) is 9.17. The molecule has 1 aromatic heterocycles. The van der Waals surface area contributed by atoms with Gasteiger partial charge in [0.05, 0.1) is 15.5 Å². The summed E-state index contributed by atoms with van der Waals surface area (Å²) in [7, 11) is 0. The molecule has 2 nitrogen and oxygen atoms in total. The van der Waals surface area contributed by atoms with Crippen molar-refractivity contribution in [2.75, 3.05) is 0 Å². The molecule has 0 saturated heterocycles. The van der Waals surface area contributed by atoms with Crippen LogP contribution in [0, 0.1) is 10.6 Å². The van der Waals surface area contributed by atoms with Crippen LogP contribution in [0.15, 0.2) is 16.6 Å². The minimum absolute atomic E-state index is 0.257. The molecule has 0 radical (unpaired) electrons. The lowest BCUT2D eigenvalue weighted by molar-refractivity contribution is 0.526. The largest absolute Gasteiger partial charge is 0.330 e. The van der Waals surface area contributed by atoms with E-state index >= 15 is 0 Å². The van der Waals surface area contributed by atoms with Crippen molar-refractivity contribution in [2.45, 2.75) is 31.7 Å². The maximum Gasteiger partial charge on any atom is 0.178 e. The summed E-state index contributed by atoms with van der Waals surface area (Å²) in [4.78, 5) is 3.09. The van der Waals surface area contributed by atoms with Crippen LogP contribution < -0.4 is 0 Å². The molecule has 0 unspecified atom stereocenters. The maximum atomic E-state index is 13.5. The topological polar surface area (TPSA) is 20.7 Å². The number of aromatic nitrogens is 2. The van der Waals surface area contributed by atoms with Gasteiger partial charge in [-0.15, -0.1) is 0 Å². The van der Waals surface area contributed by atoms with Gasteiger partial charge in [-0.3, -0.25) is 0 Å². The Morgan fingerprint density at radius 2 is 2.06 bits per heavy atom. The molecule has 1 aliphatic carbocycles. The maximum absolute atomic E-state index is 13.5. The second-order valence-electron chi connectivity index (χ2n) is 4.52. The van der Waals surface area contributed by atoms with Crippen molar-refractivity contribution < 1.29 is 4.39 Å². The SMILES string of the molecule is Fc1cc2[nH]c(=S)n(C3CCCC3)c2cc1Br. The molecule has 1 aromatic carbocycles. The second-order valence-corrected chi connectivity index (χ2v) is 5.76. The Morgan fingerprint density at radius 3 is 2.76 bits per heavy atom. The van der Waals surface area contributed by atoms with Crippen LogP contribution in [0.3, 0.4) is 0 Å². The smallest absolute Gasteiger partial charge is 0.178 e. The summed E-state index contributed by atoms with van der Waals surface area (Å²) in [6.45, 7) is 0. The van der Waals surface area contributed by atoms with Crippen LogP contribution in [-0.4, -0.2) is 9.55 Å². The zero-order valence-corrected chi connectivity index (χ0v) is 11.6. The fraction of sp³-hybridized carbons (Fsp3) is 0.417. The first-order chi connectivity index (χ1) is 8.16. The third kappa shape index (κ3) is 1.85. The lowest BCUT2D eigenvalue weighted by atomic mass is 10.2. The van der Waals surface area contributed by atoms with Crippen LogP contribution in [-0.2, 0) is 0 Å². The van der Waals surface area contributed by atoms with Crippen LogP contribution >= 0.6 is 28.1 Å². The summed E-state index contributed by atoms with van der Waals surface area (Å²) in [5.74, 6) is -0.257. The number of rotatable bonds is 1. The Hall–Kier alpha value is -0.680. The third-order valence-corrected chi connectivity index (χ3v) is 4.35. The van der Waals surface area contributed by atoms with Crippen LogP contribution in [0.2, 0.25) is 0 Å². The average Bonchev–Trinajstić information content (AvgIpc) is 2.86. The van der Waals surface area contributed by atoms with Gasteiger partial charge in [-0.05, 0) is 47.1 Å². The van der Waals surface area contributed by atoms with Crippen molar-refractivity contribution >= 4 is 39.2 Å². The van der Waals surface area contributed by atoms with Gasteiger partial charge in [0.2, 0.25) is 0 Å². The highest BCUT2D eigenvalue weighted by molar-refractivity contribution is 9.10. The number of nitrogens with zero attached hydrogens (tertiary/aromatic N) is 1. The molecule has 3 rings (SSSR count). The molecule has 2 aromatic rings. The predicted molar refractivity (Wildman–Crippen MR) is 72.3 cm³/mol. The normalized spacial score (nSPS) is 17.1. The van der Waals surface area contributed by atoms with Gasteiger partial charge < -0.3 is 9.55 Å². The van der Waals surface area contributed by atoms with Crippen molar-refractivity contribution in [1.29, 1.82) is 0 Å². The third-order valence-electron chi connectivity index (χ3n) is 3.45. The van der Waals surface area contributed by atoms with Crippen LogP contribution in [0.1, 0.15) is 31.7 Å². The molecular formula is C12H12BrFN2S. The van der Waals surface area contributed by atoms with Gasteiger partial charge in [0.1, 0.15) is 5.82 Å². The van der Waals surface area contributed by atoms with E-state index in [-0.39, 0.29) is 5.82 Å². The standard InChI is InChI=1S/C12H12BrFN2S/c13-8-5-11-10(6-9(8)14)15-12(17)16(11)7-3-1-2-4-7/h5-7H,1-4H2,(H,15,17).